The Hall–Kier alpha value is -1.17. The van der Waals surface area contributed by atoms with Crippen molar-refractivity contribution in [2.75, 3.05) is 26.4 Å². The van der Waals surface area contributed by atoms with E-state index in [1.54, 1.807) is 6.07 Å². The molecule has 0 amide bonds. The van der Waals surface area contributed by atoms with Crippen LogP contribution in [0.3, 0.4) is 0 Å². The molecule has 1 fully saturated rings. The average Bonchev–Trinajstić information content (AvgIpc) is 2.88. The Morgan fingerprint density at radius 2 is 2.15 bits per heavy atom. The van der Waals surface area contributed by atoms with Crippen molar-refractivity contribution in [3.05, 3.63) is 29.6 Å². The Balaban J connectivity index is 1.57. The first kappa shape index (κ1) is 13.8. The first-order valence-corrected chi connectivity index (χ1v) is 7.09. The van der Waals surface area contributed by atoms with E-state index in [-0.39, 0.29) is 24.1 Å². The van der Waals surface area contributed by atoms with Gasteiger partial charge in [-0.1, -0.05) is 0 Å². The van der Waals surface area contributed by atoms with Crippen molar-refractivity contribution in [3.8, 4) is 5.75 Å². The third-order valence-electron chi connectivity index (χ3n) is 4.22. The third kappa shape index (κ3) is 2.80. The summed E-state index contributed by atoms with van der Waals surface area (Å²) in [4.78, 5) is 0. The zero-order valence-electron chi connectivity index (χ0n) is 11.4. The molecule has 4 nitrogen and oxygen atoms in total. The van der Waals surface area contributed by atoms with Crippen LogP contribution in [0.1, 0.15) is 18.4 Å². The van der Waals surface area contributed by atoms with Crippen molar-refractivity contribution in [2.45, 2.75) is 30.9 Å². The number of rotatable bonds is 4. The second-order valence-corrected chi connectivity index (χ2v) is 5.63. The van der Waals surface area contributed by atoms with E-state index >= 15 is 0 Å². The summed E-state index contributed by atoms with van der Waals surface area (Å²) in [6.07, 6.45) is 2.31. The number of ether oxygens (including phenoxy) is 2. The number of fused-ring (bicyclic) bond motifs is 1. The zero-order chi connectivity index (χ0) is 14.0. The van der Waals surface area contributed by atoms with Gasteiger partial charge in [0.05, 0.1) is 6.61 Å². The second-order valence-electron chi connectivity index (χ2n) is 5.63. The van der Waals surface area contributed by atoms with Crippen LogP contribution in [0.4, 0.5) is 4.39 Å². The van der Waals surface area contributed by atoms with Crippen molar-refractivity contribution < 1.29 is 19.0 Å². The van der Waals surface area contributed by atoms with Gasteiger partial charge in [0.15, 0.2) is 0 Å². The number of halogens is 1. The minimum atomic E-state index is -0.262. The van der Waals surface area contributed by atoms with Gasteiger partial charge in [0, 0.05) is 37.3 Å². The lowest BCUT2D eigenvalue weighted by Gasteiger charge is -2.37. The van der Waals surface area contributed by atoms with Crippen LogP contribution in [0.5, 0.6) is 5.75 Å². The van der Waals surface area contributed by atoms with E-state index in [1.807, 2.05) is 0 Å². The molecule has 1 atom stereocenters. The van der Waals surface area contributed by atoms with Crippen molar-refractivity contribution >= 4 is 0 Å². The molecule has 2 N–H and O–H groups in total. The van der Waals surface area contributed by atoms with E-state index in [4.69, 9.17) is 9.47 Å². The van der Waals surface area contributed by atoms with Crippen LogP contribution in [-0.2, 0) is 11.2 Å². The van der Waals surface area contributed by atoms with Gasteiger partial charge >= 0.3 is 0 Å². The number of hydrogen-bond acceptors (Lipinski definition) is 4. The number of nitrogens with one attached hydrogen (secondary N) is 1. The van der Waals surface area contributed by atoms with Crippen LogP contribution < -0.4 is 10.1 Å². The molecule has 0 aliphatic carbocycles. The standard InChI is InChI=1S/C15H20FNO3/c16-12-1-2-14-11(7-12)8-13(20-14)9-17-15(10-18)3-5-19-6-4-15/h1-2,7,13,17-18H,3-6,8-10H2. The summed E-state index contributed by atoms with van der Waals surface area (Å²) < 4.78 is 24.3. The molecule has 1 unspecified atom stereocenters. The Labute approximate surface area is 117 Å². The van der Waals surface area contributed by atoms with Gasteiger partial charge in [0.2, 0.25) is 0 Å². The van der Waals surface area contributed by atoms with E-state index < -0.39 is 0 Å². The molecule has 110 valence electrons. The summed E-state index contributed by atoms with van der Waals surface area (Å²) in [7, 11) is 0. The fraction of sp³-hybridized carbons (Fsp3) is 0.600. The molecular formula is C15H20FNO3. The van der Waals surface area contributed by atoms with E-state index in [1.165, 1.54) is 12.1 Å². The van der Waals surface area contributed by atoms with Gasteiger partial charge in [-0.3, -0.25) is 0 Å². The molecule has 2 aliphatic rings. The van der Waals surface area contributed by atoms with Crippen molar-refractivity contribution in [3.63, 3.8) is 0 Å². The van der Waals surface area contributed by atoms with Gasteiger partial charge in [-0.25, -0.2) is 4.39 Å². The Kier molecular flexibility index (Phi) is 3.92. The Bertz CT molecular complexity index is 474. The molecule has 1 aromatic carbocycles. The van der Waals surface area contributed by atoms with Gasteiger partial charge < -0.3 is 19.9 Å². The zero-order valence-corrected chi connectivity index (χ0v) is 11.4. The van der Waals surface area contributed by atoms with E-state index in [2.05, 4.69) is 5.32 Å². The van der Waals surface area contributed by atoms with E-state index in [0.29, 0.717) is 26.2 Å². The summed E-state index contributed by atoms with van der Waals surface area (Å²) in [6, 6.07) is 4.63. The smallest absolute Gasteiger partial charge is 0.123 e. The van der Waals surface area contributed by atoms with Crippen LogP contribution in [0.25, 0.3) is 0 Å². The van der Waals surface area contributed by atoms with Crippen molar-refractivity contribution in [1.29, 1.82) is 0 Å². The molecule has 0 radical (unpaired) electrons. The number of benzene rings is 1. The molecule has 3 rings (SSSR count). The Morgan fingerprint density at radius 3 is 2.90 bits per heavy atom. The predicted molar refractivity (Wildman–Crippen MR) is 72.4 cm³/mol. The summed E-state index contributed by atoms with van der Waals surface area (Å²) >= 11 is 0. The van der Waals surface area contributed by atoms with Gasteiger partial charge in [0.1, 0.15) is 17.7 Å². The fourth-order valence-corrected chi connectivity index (χ4v) is 2.89. The van der Waals surface area contributed by atoms with Crippen LogP contribution in [0, 0.1) is 5.82 Å². The highest BCUT2D eigenvalue weighted by molar-refractivity contribution is 5.37. The van der Waals surface area contributed by atoms with Crippen LogP contribution in [-0.4, -0.2) is 43.1 Å². The number of hydrogen-bond donors (Lipinski definition) is 2. The second kappa shape index (κ2) is 5.68. The summed E-state index contributed by atoms with van der Waals surface area (Å²) in [5, 5.41) is 13.0. The average molecular weight is 281 g/mol. The Morgan fingerprint density at radius 1 is 1.35 bits per heavy atom. The molecule has 2 heterocycles. The first-order valence-electron chi connectivity index (χ1n) is 7.09. The molecule has 20 heavy (non-hydrogen) atoms. The summed E-state index contributed by atoms with van der Waals surface area (Å²) in [6.45, 7) is 2.09. The van der Waals surface area contributed by atoms with Gasteiger partial charge in [-0.15, -0.1) is 0 Å². The third-order valence-corrected chi connectivity index (χ3v) is 4.22. The lowest BCUT2D eigenvalue weighted by molar-refractivity contribution is 0.00826. The minimum Gasteiger partial charge on any atom is -0.488 e. The van der Waals surface area contributed by atoms with Gasteiger partial charge in [0.25, 0.3) is 0 Å². The highest BCUT2D eigenvalue weighted by Crippen LogP contribution is 2.29. The molecule has 0 bridgehead atoms. The largest absolute Gasteiger partial charge is 0.488 e. The number of aliphatic hydroxyl groups is 1. The van der Waals surface area contributed by atoms with E-state index in [0.717, 1.165) is 24.2 Å². The predicted octanol–water partition coefficient (Wildman–Crippen LogP) is 1.26. The normalized spacial score (nSPS) is 24.2. The highest BCUT2D eigenvalue weighted by Gasteiger charge is 2.33. The van der Waals surface area contributed by atoms with Crippen molar-refractivity contribution in [1.82, 2.24) is 5.32 Å². The summed E-state index contributed by atoms with van der Waals surface area (Å²) in [5.41, 5.74) is 0.656. The monoisotopic (exact) mass is 281 g/mol. The first-order chi connectivity index (χ1) is 9.71. The van der Waals surface area contributed by atoms with E-state index in [9.17, 15) is 9.50 Å². The minimum absolute atomic E-state index is 0.00179. The maximum atomic E-state index is 13.2. The van der Waals surface area contributed by atoms with Gasteiger partial charge in [-0.2, -0.15) is 0 Å². The molecule has 5 heteroatoms. The quantitative estimate of drug-likeness (QED) is 0.872. The highest BCUT2D eigenvalue weighted by atomic mass is 19.1. The maximum Gasteiger partial charge on any atom is 0.123 e. The van der Waals surface area contributed by atoms with Gasteiger partial charge in [-0.05, 0) is 31.0 Å². The molecular weight excluding hydrogens is 261 g/mol. The molecule has 0 spiro atoms. The molecule has 1 aromatic rings. The molecule has 0 aromatic heterocycles. The van der Waals surface area contributed by atoms with Crippen LogP contribution >= 0.6 is 0 Å². The maximum absolute atomic E-state index is 13.2. The fourth-order valence-electron chi connectivity index (χ4n) is 2.89. The lowest BCUT2D eigenvalue weighted by Crippen LogP contribution is -2.54. The molecule has 0 saturated carbocycles. The topological polar surface area (TPSA) is 50.7 Å². The summed E-state index contributed by atoms with van der Waals surface area (Å²) in [5.74, 6) is 0.542. The number of aliphatic hydroxyl groups excluding tert-OH is 1. The SMILES string of the molecule is OCC1(NCC2Cc3cc(F)ccc3O2)CCOCC1. The van der Waals surface area contributed by atoms with Crippen LogP contribution in [0.15, 0.2) is 18.2 Å². The molecule has 2 aliphatic heterocycles. The lowest BCUT2D eigenvalue weighted by atomic mass is 9.90. The van der Waals surface area contributed by atoms with Crippen LogP contribution in [0.2, 0.25) is 0 Å². The molecule has 1 saturated heterocycles. The van der Waals surface area contributed by atoms with Crippen molar-refractivity contribution in [2.24, 2.45) is 0 Å².